The van der Waals surface area contributed by atoms with Crippen molar-refractivity contribution in [2.24, 2.45) is 5.92 Å². The van der Waals surface area contributed by atoms with Gasteiger partial charge in [-0.2, -0.15) is 0 Å². The number of hydrogen-bond donors (Lipinski definition) is 0. The number of carbonyl (C=O) groups excluding carboxylic acids is 1. The van der Waals surface area contributed by atoms with Crippen LogP contribution in [0.5, 0.6) is 5.75 Å². The van der Waals surface area contributed by atoms with Crippen molar-refractivity contribution in [1.82, 2.24) is 4.90 Å². The highest BCUT2D eigenvalue weighted by Crippen LogP contribution is 2.25. The van der Waals surface area contributed by atoms with E-state index in [1.807, 2.05) is 42.5 Å². The molecule has 0 saturated carbocycles. The summed E-state index contributed by atoms with van der Waals surface area (Å²) in [5, 5.41) is 0. The molecule has 144 valence electrons. The lowest BCUT2D eigenvalue weighted by atomic mass is 9.90. The van der Waals surface area contributed by atoms with Crippen molar-refractivity contribution in [1.29, 1.82) is 0 Å². The summed E-state index contributed by atoms with van der Waals surface area (Å²) in [4.78, 5) is 15.7. The van der Waals surface area contributed by atoms with Crippen LogP contribution in [-0.4, -0.2) is 36.9 Å². The number of nitrogens with zero attached hydrogens (tertiary/aromatic N) is 1. The van der Waals surface area contributed by atoms with Crippen LogP contribution in [0.25, 0.3) is 0 Å². The number of benzene rings is 2. The molecule has 0 radical (unpaired) electrons. The van der Waals surface area contributed by atoms with Crippen LogP contribution >= 0.6 is 0 Å². The number of ether oxygens (including phenoxy) is 1. The molecular weight excluding hydrogens is 334 g/mol. The zero-order valence-corrected chi connectivity index (χ0v) is 16.6. The van der Waals surface area contributed by atoms with Gasteiger partial charge in [-0.3, -0.25) is 4.79 Å². The van der Waals surface area contributed by atoms with Crippen LogP contribution < -0.4 is 4.74 Å². The largest absolute Gasteiger partial charge is 0.494 e. The van der Waals surface area contributed by atoms with Gasteiger partial charge in [-0.25, -0.2) is 0 Å². The molecule has 1 fully saturated rings. The highest BCUT2D eigenvalue weighted by molar-refractivity contribution is 6.01. The summed E-state index contributed by atoms with van der Waals surface area (Å²) in [6, 6.07) is 17.8. The Morgan fingerprint density at radius 1 is 1.00 bits per heavy atom. The average Bonchev–Trinajstić information content (AvgIpc) is 3.20. The molecule has 0 bridgehead atoms. The van der Waals surface area contributed by atoms with Crippen molar-refractivity contribution >= 4 is 5.78 Å². The Hall–Kier alpha value is -2.13. The Morgan fingerprint density at radius 3 is 2.30 bits per heavy atom. The molecule has 1 saturated heterocycles. The highest BCUT2D eigenvalue weighted by Gasteiger charge is 2.26. The molecule has 0 aromatic heterocycles. The van der Waals surface area contributed by atoms with Gasteiger partial charge in [0, 0.05) is 12.1 Å². The molecule has 0 amide bonds. The third kappa shape index (κ3) is 5.67. The fourth-order valence-electron chi connectivity index (χ4n) is 3.58. The summed E-state index contributed by atoms with van der Waals surface area (Å²) in [6.45, 7) is 8.09. The summed E-state index contributed by atoms with van der Waals surface area (Å²) >= 11 is 0. The first-order chi connectivity index (χ1) is 13.1. The van der Waals surface area contributed by atoms with Crippen LogP contribution in [0.1, 0.15) is 54.9 Å². The van der Waals surface area contributed by atoms with Crippen molar-refractivity contribution in [2.75, 3.05) is 26.2 Å². The maximum absolute atomic E-state index is 13.3. The first-order valence-electron chi connectivity index (χ1n) is 10.2. The molecule has 1 aliphatic heterocycles. The molecule has 27 heavy (non-hydrogen) atoms. The van der Waals surface area contributed by atoms with Crippen LogP contribution in [-0.2, 0) is 0 Å². The number of Topliss-reactive ketones (excluding diaryl/α,β-unsaturated/α-hetero) is 1. The van der Waals surface area contributed by atoms with Gasteiger partial charge in [0.2, 0.25) is 0 Å². The first-order valence-corrected chi connectivity index (χ1v) is 10.2. The molecule has 1 aliphatic rings. The van der Waals surface area contributed by atoms with Gasteiger partial charge < -0.3 is 9.64 Å². The van der Waals surface area contributed by atoms with E-state index in [0.717, 1.165) is 42.9 Å². The summed E-state index contributed by atoms with van der Waals surface area (Å²) in [5.74, 6) is 1.55. The molecule has 2 aromatic rings. The molecule has 1 heterocycles. The van der Waals surface area contributed by atoms with E-state index in [-0.39, 0.29) is 11.7 Å². The Kier molecular flexibility index (Phi) is 7.05. The number of carbonyl (C=O) groups is 1. The molecule has 3 nitrogen and oxygen atoms in total. The Bertz CT molecular complexity index is 703. The van der Waals surface area contributed by atoms with Gasteiger partial charge in [0.1, 0.15) is 5.75 Å². The lowest BCUT2D eigenvalue weighted by molar-refractivity contribution is 0.0939. The number of rotatable bonds is 9. The fourth-order valence-corrected chi connectivity index (χ4v) is 3.58. The van der Waals surface area contributed by atoms with Crippen molar-refractivity contribution in [3.05, 3.63) is 65.7 Å². The Labute approximate surface area is 163 Å². The standard InChI is InChI=1S/C24H31NO2/c1-19(2)14-17-27-22-12-10-21(11-13-22)24(26)23(18-25-15-6-7-16-25)20-8-4-3-5-9-20/h3-5,8-13,19,23H,6-7,14-18H2,1-2H3. The second-order valence-electron chi connectivity index (χ2n) is 7.89. The number of likely N-dealkylation sites (tertiary alicyclic amines) is 1. The van der Waals surface area contributed by atoms with Crippen molar-refractivity contribution in [3.8, 4) is 5.75 Å². The van der Waals surface area contributed by atoms with E-state index in [1.165, 1.54) is 12.8 Å². The summed E-state index contributed by atoms with van der Waals surface area (Å²) in [6.07, 6.45) is 3.50. The van der Waals surface area contributed by atoms with Crippen LogP contribution in [0.15, 0.2) is 54.6 Å². The highest BCUT2D eigenvalue weighted by atomic mass is 16.5. The lowest BCUT2D eigenvalue weighted by Gasteiger charge is -2.23. The maximum Gasteiger partial charge on any atom is 0.171 e. The predicted molar refractivity (Wildman–Crippen MR) is 111 cm³/mol. The molecule has 0 spiro atoms. The zero-order chi connectivity index (χ0) is 19.1. The van der Waals surface area contributed by atoms with Gasteiger partial charge in [-0.1, -0.05) is 44.2 Å². The molecule has 3 heteroatoms. The van der Waals surface area contributed by atoms with E-state index in [9.17, 15) is 4.79 Å². The van der Waals surface area contributed by atoms with Crippen molar-refractivity contribution in [3.63, 3.8) is 0 Å². The van der Waals surface area contributed by atoms with Crippen LogP contribution in [0.3, 0.4) is 0 Å². The smallest absolute Gasteiger partial charge is 0.171 e. The van der Waals surface area contributed by atoms with Crippen LogP contribution in [0, 0.1) is 5.92 Å². The average molecular weight is 366 g/mol. The van der Waals surface area contributed by atoms with E-state index in [4.69, 9.17) is 4.74 Å². The number of ketones is 1. The third-order valence-corrected chi connectivity index (χ3v) is 5.26. The van der Waals surface area contributed by atoms with Crippen LogP contribution in [0.4, 0.5) is 0 Å². The van der Waals surface area contributed by atoms with Gasteiger partial charge >= 0.3 is 0 Å². The predicted octanol–water partition coefficient (Wildman–Crippen LogP) is 5.17. The van der Waals surface area contributed by atoms with Gasteiger partial charge in [0.05, 0.1) is 12.5 Å². The summed E-state index contributed by atoms with van der Waals surface area (Å²) in [7, 11) is 0. The SMILES string of the molecule is CC(C)CCOc1ccc(C(=O)C(CN2CCCC2)c2ccccc2)cc1. The van der Waals surface area contributed by atoms with Crippen molar-refractivity contribution < 1.29 is 9.53 Å². The molecule has 0 aliphatic carbocycles. The quantitative estimate of drug-likeness (QED) is 0.574. The Morgan fingerprint density at radius 2 is 1.67 bits per heavy atom. The summed E-state index contributed by atoms with van der Waals surface area (Å²) in [5.41, 5.74) is 1.87. The zero-order valence-electron chi connectivity index (χ0n) is 16.6. The van der Waals surface area contributed by atoms with E-state index in [1.54, 1.807) is 0 Å². The first kappa shape index (κ1) is 19.6. The van der Waals surface area contributed by atoms with Gasteiger partial charge in [-0.05, 0) is 68.1 Å². The second kappa shape index (κ2) is 9.70. The van der Waals surface area contributed by atoms with E-state index in [2.05, 4.69) is 30.9 Å². The minimum atomic E-state index is -0.114. The van der Waals surface area contributed by atoms with Gasteiger partial charge in [0.25, 0.3) is 0 Å². The molecule has 3 rings (SSSR count). The third-order valence-electron chi connectivity index (χ3n) is 5.26. The van der Waals surface area contributed by atoms with E-state index >= 15 is 0 Å². The summed E-state index contributed by atoms with van der Waals surface area (Å²) < 4.78 is 5.78. The fraction of sp³-hybridized carbons (Fsp3) is 0.458. The monoisotopic (exact) mass is 365 g/mol. The Balaban J connectivity index is 1.71. The normalized spacial score (nSPS) is 15.8. The lowest BCUT2D eigenvalue weighted by Crippen LogP contribution is -2.30. The minimum absolute atomic E-state index is 0.114. The molecule has 1 unspecified atom stereocenters. The molecular formula is C24H31NO2. The van der Waals surface area contributed by atoms with Crippen molar-refractivity contribution in [2.45, 2.75) is 39.0 Å². The molecule has 0 N–H and O–H groups in total. The maximum atomic E-state index is 13.3. The van der Waals surface area contributed by atoms with E-state index in [0.29, 0.717) is 12.5 Å². The van der Waals surface area contributed by atoms with Gasteiger partial charge in [0.15, 0.2) is 5.78 Å². The van der Waals surface area contributed by atoms with Crippen LogP contribution in [0.2, 0.25) is 0 Å². The van der Waals surface area contributed by atoms with Gasteiger partial charge in [-0.15, -0.1) is 0 Å². The van der Waals surface area contributed by atoms with E-state index < -0.39 is 0 Å². The minimum Gasteiger partial charge on any atom is -0.494 e. The topological polar surface area (TPSA) is 29.5 Å². The molecule has 1 atom stereocenters. The second-order valence-corrected chi connectivity index (χ2v) is 7.89. The molecule has 2 aromatic carbocycles. The number of hydrogen-bond acceptors (Lipinski definition) is 3.